The fourth-order valence-electron chi connectivity index (χ4n) is 1.22. The number of benzene rings is 1. The van der Waals surface area contributed by atoms with E-state index in [9.17, 15) is 0 Å². The first-order valence-electron chi connectivity index (χ1n) is 5.68. The highest BCUT2D eigenvalue weighted by molar-refractivity contribution is 5.63. The van der Waals surface area contributed by atoms with Gasteiger partial charge in [-0.25, -0.2) is 0 Å². The van der Waals surface area contributed by atoms with Crippen molar-refractivity contribution in [1.29, 1.82) is 0 Å². The highest BCUT2D eigenvalue weighted by atomic mass is 16.6. The van der Waals surface area contributed by atoms with Crippen molar-refractivity contribution < 1.29 is 4.84 Å². The van der Waals surface area contributed by atoms with Gasteiger partial charge in [-0.2, -0.15) is 0 Å². The first-order valence-corrected chi connectivity index (χ1v) is 5.68. The number of rotatable bonds is 4. The van der Waals surface area contributed by atoms with Crippen molar-refractivity contribution in [3.05, 3.63) is 35.4 Å². The maximum atomic E-state index is 5.21. The average Bonchev–Trinajstić information content (AvgIpc) is 2.23. The molecule has 0 N–H and O–H groups in total. The molecule has 0 fully saturated rings. The maximum absolute atomic E-state index is 5.21. The normalized spacial score (nSPS) is 12.0. The van der Waals surface area contributed by atoms with Gasteiger partial charge in [-0.05, 0) is 17.5 Å². The van der Waals surface area contributed by atoms with Gasteiger partial charge in [-0.15, -0.1) is 0 Å². The molecule has 0 heterocycles. The average molecular weight is 218 g/mol. The second-order valence-corrected chi connectivity index (χ2v) is 4.90. The van der Waals surface area contributed by atoms with Crippen molar-refractivity contribution in [2.45, 2.75) is 40.7 Å². The Balaban J connectivity index is 2.46. The lowest BCUT2D eigenvalue weighted by Crippen LogP contribution is -2.06. The van der Waals surface area contributed by atoms with Crippen molar-refractivity contribution in [3.63, 3.8) is 0 Å². The van der Waals surface area contributed by atoms with Crippen LogP contribution in [0.2, 0.25) is 0 Å². The molecule has 0 spiro atoms. The number of nitrogens with zero attached hydrogens (tertiary/aromatic N) is 1. The molecule has 1 aromatic rings. The second-order valence-electron chi connectivity index (χ2n) is 4.90. The van der Waals surface area contributed by atoms with E-state index in [-0.39, 0.29) is 5.41 Å². The van der Waals surface area contributed by atoms with Crippen molar-refractivity contribution in [1.82, 2.24) is 0 Å². The first kappa shape index (κ1) is 12.8. The van der Waals surface area contributed by atoms with Crippen molar-refractivity contribution in [2.24, 2.45) is 10.6 Å². The van der Waals surface area contributed by atoms with Gasteiger partial charge in [-0.3, -0.25) is 0 Å². The van der Waals surface area contributed by atoms with Crippen LogP contribution in [0.3, 0.4) is 0 Å². The molecule has 0 unspecified atom stereocenters. The van der Waals surface area contributed by atoms with E-state index in [1.807, 2.05) is 26.8 Å². The summed E-state index contributed by atoms with van der Waals surface area (Å²) in [5.41, 5.74) is 2.43. The molecule has 0 saturated heterocycles. The van der Waals surface area contributed by atoms with Crippen LogP contribution in [0.4, 0.5) is 0 Å². The third kappa shape index (κ3) is 4.96. The van der Waals surface area contributed by atoms with E-state index < -0.39 is 0 Å². The highest BCUT2D eigenvalue weighted by Crippen LogP contribution is 2.10. The summed E-state index contributed by atoms with van der Waals surface area (Å²) in [4.78, 5) is 5.21. The van der Waals surface area contributed by atoms with E-state index in [2.05, 4.69) is 36.5 Å². The molecule has 1 rings (SSSR count). The molecule has 0 aliphatic heterocycles. The Bertz CT molecular complexity index is 350. The summed E-state index contributed by atoms with van der Waals surface area (Å²) in [6, 6.07) is 8.36. The monoisotopic (exact) mass is 218 g/mol. The Morgan fingerprint density at radius 1 is 1.25 bits per heavy atom. The summed E-state index contributed by atoms with van der Waals surface area (Å²) >= 11 is 0. The summed E-state index contributed by atoms with van der Waals surface area (Å²) in [6.45, 7) is 8.77. The quantitative estimate of drug-likeness (QED) is 0.558. The van der Waals surface area contributed by atoms with E-state index in [4.69, 9.17) is 4.84 Å². The van der Waals surface area contributed by atoms with Crippen LogP contribution in [-0.2, 0) is 17.9 Å². The molecule has 0 saturated carbocycles. The molecule has 0 aromatic heterocycles. The van der Waals surface area contributed by atoms with Crippen LogP contribution in [-0.4, -0.2) is 6.21 Å². The summed E-state index contributed by atoms with van der Waals surface area (Å²) < 4.78 is 0. The van der Waals surface area contributed by atoms with Crippen LogP contribution in [0.25, 0.3) is 0 Å². The molecule has 0 aliphatic carbocycles. The number of hydrogen-bond acceptors (Lipinski definition) is 2. The van der Waals surface area contributed by atoms with Gasteiger partial charge in [0.2, 0.25) is 0 Å². The Labute approximate surface area is 98.3 Å². The van der Waals surface area contributed by atoms with Crippen molar-refractivity contribution in [2.75, 3.05) is 0 Å². The molecule has 2 heteroatoms. The van der Waals surface area contributed by atoms with E-state index in [0.717, 1.165) is 12.0 Å². The van der Waals surface area contributed by atoms with Crippen molar-refractivity contribution >= 4 is 6.21 Å². The fraction of sp³-hybridized carbons (Fsp3) is 0.500. The molecular formula is C14H20NO. The van der Waals surface area contributed by atoms with Gasteiger partial charge < -0.3 is 4.84 Å². The lowest BCUT2D eigenvalue weighted by atomic mass is 10.00. The third-order valence-electron chi connectivity index (χ3n) is 2.08. The van der Waals surface area contributed by atoms with Crippen LogP contribution in [0.5, 0.6) is 0 Å². The molecule has 16 heavy (non-hydrogen) atoms. The Morgan fingerprint density at radius 3 is 2.56 bits per heavy atom. The van der Waals surface area contributed by atoms with E-state index in [0.29, 0.717) is 6.61 Å². The van der Waals surface area contributed by atoms with Crippen LogP contribution in [0.15, 0.2) is 29.4 Å². The van der Waals surface area contributed by atoms with Gasteiger partial charge in [-0.1, -0.05) is 57.1 Å². The predicted molar refractivity (Wildman–Crippen MR) is 67.5 cm³/mol. The van der Waals surface area contributed by atoms with Gasteiger partial charge in [0.1, 0.15) is 12.8 Å². The van der Waals surface area contributed by atoms with Gasteiger partial charge in [0.25, 0.3) is 0 Å². The van der Waals surface area contributed by atoms with Crippen LogP contribution < -0.4 is 0 Å². The molecule has 1 radical (unpaired) electrons. The molecule has 0 bridgehead atoms. The summed E-state index contributed by atoms with van der Waals surface area (Å²) in [6.07, 6.45) is 3.97. The standard InChI is InChI=1S/C14H20NO/c1-5-12-7-6-8-13(9-12)10-16-15-11-14(2,3)4/h6-9H,5,10H2,1-4H3. The minimum atomic E-state index is -0.0503. The zero-order chi connectivity index (χ0) is 12.0. The first-order chi connectivity index (χ1) is 7.51. The molecule has 0 atom stereocenters. The molecule has 0 amide bonds. The van der Waals surface area contributed by atoms with Crippen LogP contribution in [0.1, 0.15) is 38.8 Å². The summed E-state index contributed by atoms with van der Waals surface area (Å²) in [5, 5.41) is 3.84. The van der Waals surface area contributed by atoms with E-state index in [1.54, 1.807) is 0 Å². The summed E-state index contributed by atoms with van der Waals surface area (Å²) in [5.74, 6) is 0. The molecule has 0 aliphatic rings. The molecule has 1 aromatic carbocycles. The van der Waals surface area contributed by atoms with Gasteiger partial charge in [0.05, 0.1) is 0 Å². The smallest absolute Gasteiger partial charge is 0.142 e. The van der Waals surface area contributed by atoms with Gasteiger partial charge >= 0.3 is 0 Å². The molecule has 2 nitrogen and oxygen atoms in total. The molecular weight excluding hydrogens is 198 g/mol. The third-order valence-corrected chi connectivity index (χ3v) is 2.08. The Morgan fingerprint density at radius 2 is 1.94 bits per heavy atom. The van der Waals surface area contributed by atoms with Crippen LogP contribution >= 0.6 is 0 Å². The fourth-order valence-corrected chi connectivity index (χ4v) is 1.22. The largest absolute Gasteiger partial charge is 0.391 e. The predicted octanol–water partition coefficient (Wildman–Crippen LogP) is 3.67. The zero-order valence-corrected chi connectivity index (χ0v) is 10.6. The van der Waals surface area contributed by atoms with E-state index >= 15 is 0 Å². The second kappa shape index (κ2) is 5.69. The molecule has 87 valence electrons. The Kier molecular flexibility index (Phi) is 4.53. The lowest BCUT2D eigenvalue weighted by Gasteiger charge is -2.08. The van der Waals surface area contributed by atoms with Gasteiger partial charge in [0.15, 0.2) is 0 Å². The van der Waals surface area contributed by atoms with Gasteiger partial charge in [0, 0.05) is 5.41 Å². The summed E-state index contributed by atoms with van der Waals surface area (Å²) in [7, 11) is 0. The Hall–Kier alpha value is -1.31. The lowest BCUT2D eigenvalue weighted by molar-refractivity contribution is 0.129. The highest BCUT2D eigenvalue weighted by Gasteiger charge is 2.06. The topological polar surface area (TPSA) is 21.6 Å². The number of hydrogen-bond donors (Lipinski definition) is 0. The number of aryl methyl sites for hydroxylation is 1. The minimum absolute atomic E-state index is 0.0503. The maximum Gasteiger partial charge on any atom is 0.142 e. The minimum Gasteiger partial charge on any atom is -0.391 e. The van der Waals surface area contributed by atoms with Crippen LogP contribution in [0, 0.1) is 5.41 Å². The SMILES string of the molecule is CCc1cccc(CO/N=[C]\C(C)(C)C)c1. The van der Waals surface area contributed by atoms with E-state index in [1.165, 1.54) is 5.56 Å². The van der Waals surface area contributed by atoms with Crippen molar-refractivity contribution in [3.8, 4) is 0 Å². The zero-order valence-electron chi connectivity index (χ0n) is 10.6.